The quantitative estimate of drug-likeness (QED) is 0.525. The predicted octanol–water partition coefficient (Wildman–Crippen LogP) is 2.08. The lowest BCUT2D eigenvalue weighted by Gasteiger charge is -2.32. The largest absolute Gasteiger partial charge is 0.369 e. The van der Waals surface area contributed by atoms with Crippen molar-refractivity contribution in [3.63, 3.8) is 0 Å². The Morgan fingerprint density at radius 3 is 2.87 bits per heavy atom. The monoisotopic (exact) mass is 424 g/mol. The summed E-state index contributed by atoms with van der Waals surface area (Å²) in [7, 11) is 0. The fourth-order valence-electron chi connectivity index (χ4n) is 3.79. The van der Waals surface area contributed by atoms with Crippen LogP contribution in [0.25, 0.3) is 0 Å². The Morgan fingerprint density at radius 2 is 2.13 bits per heavy atom. The SMILES string of the molecule is C=CC(=O)N1CCC[C@@H](n2cc(Nc3ncc(C(N)=O)c(NCCC4CC4)n3)cn2)C1. The number of nitrogens with two attached hydrogens (primary N) is 1. The second kappa shape index (κ2) is 9.15. The van der Waals surface area contributed by atoms with Crippen LogP contribution in [0.2, 0.25) is 0 Å². The lowest BCUT2D eigenvalue weighted by Crippen LogP contribution is -2.39. The van der Waals surface area contributed by atoms with Gasteiger partial charge in [0.25, 0.3) is 5.91 Å². The zero-order valence-electron chi connectivity index (χ0n) is 17.5. The third-order valence-corrected chi connectivity index (χ3v) is 5.71. The summed E-state index contributed by atoms with van der Waals surface area (Å²) < 4.78 is 1.86. The van der Waals surface area contributed by atoms with Gasteiger partial charge in [0, 0.05) is 32.0 Å². The number of hydrogen-bond acceptors (Lipinski definition) is 7. The van der Waals surface area contributed by atoms with Gasteiger partial charge in [-0.1, -0.05) is 19.4 Å². The van der Waals surface area contributed by atoms with Crippen LogP contribution in [0.15, 0.2) is 31.2 Å². The van der Waals surface area contributed by atoms with Crippen molar-refractivity contribution in [2.75, 3.05) is 30.3 Å². The van der Waals surface area contributed by atoms with Gasteiger partial charge in [0.1, 0.15) is 5.82 Å². The molecule has 4 rings (SSSR count). The van der Waals surface area contributed by atoms with Crippen molar-refractivity contribution in [3.05, 3.63) is 36.8 Å². The molecule has 1 saturated carbocycles. The summed E-state index contributed by atoms with van der Waals surface area (Å²) in [4.78, 5) is 34.1. The van der Waals surface area contributed by atoms with E-state index in [0.29, 0.717) is 18.3 Å². The number of primary amides is 1. The fourth-order valence-corrected chi connectivity index (χ4v) is 3.79. The van der Waals surface area contributed by atoms with Crippen molar-refractivity contribution in [1.82, 2.24) is 24.6 Å². The molecular formula is C21H28N8O2. The van der Waals surface area contributed by atoms with E-state index >= 15 is 0 Å². The molecular weight excluding hydrogens is 396 g/mol. The molecule has 0 aromatic carbocycles. The number of aromatic nitrogens is 4. The average molecular weight is 425 g/mol. The summed E-state index contributed by atoms with van der Waals surface area (Å²) in [6.07, 6.45) is 11.8. The van der Waals surface area contributed by atoms with Gasteiger partial charge in [-0.15, -0.1) is 0 Å². The average Bonchev–Trinajstić information content (AvgIpc) is 3.49. The Hall–Kier alpha value is -3.43. The Morgan fingerprint density at radius 1 is 1.29 bits per heavy atom. The van der Waals surface area contributed by atoms with E-state index in [4.69, 9.17) is 5.73 Å². The van der Waals surface area contributed by atoms with Gasteiger partial charge in [0.05, 0.1) is 23.5 Å². The van der Waals surface area contributed by atoms with Crippen LogP contribution in [-0.2, 0) is 4.79 Å². The molecule has 4 N–H and O–H groups in total. The van der Waals surface area contributed by atoms with Gasteiger partial charge in [-0.25, -0.2) is 4.98 Å². The van der Waals surface area contributed by atoms with Gasteiger partial charge in [0.2, 0.25) is 11.9 Å². The number of nitrogens with one attached hydrogen (secondary N) is 2. The van der Waals surface area contributed by atoms with E-state index in [9.17, 15) is 9.59 Å². The minimum Gasteiger partial charge on any atom is -0.369 e. The number of anilines is 3. The van der Waals surface area contributed by atoms with Crippen molar-refractivity contribution in [2.45, 2.75) is 38.1 Å². The van der Waals surface area contributed by atoms with E-state index in [1.165, 1.54) is 25.1 Å². The minimum absolute atomic E-state index is 0.0557. The highest BCUT2D eigenvalue weighted by Gasteiger charge is 2.24. The van der Waals surface area contributed by atoms with Gasteiger partial charge in [-0.3, -0.25) is 14.3 Å². The molecule has 164 valence electrons. The molecule has 3 heterocycles. The van der Waals surface area contributed by atoms with Crippen molar-refractivity contribution in [1.29, 1.82) is 0 Å². The zero-order chi connectivity index (χ0) is 21.8. The Balaban J connectivity index is 1.43. The van der Waals surface area contributed by atoms with Gasteiger partial charge in [-0.2, -0.15) is 10.1 Å². The van der Waals surface area contributed by atoms with Gasteiger partial charge in [0.15, 0.2) is 0 Å². The number of piperidine rings is 1. The Labute approximate surface area is 180 Å². The van der Waals surface area contributed by atoms with Gasteiger partial charge >= 0.3 is 0 Å². The first-order chi connectivity index (χ1) is 15.0. The van der Waals surface area contributed by atoms with Crippen LogP contribution in [0.3, 0.4) is 0 Å². The highest BCUT2D eigenvalue weighted by molar-refractivity contribution is 5.97. The topological polar surface area (TPSA) is 131 Å². The summed E-state index contributed by atoms with van der Waals surface area (Å²) in [6, 6.07) is 0.103. The molecule has 31 heavy (non-hydrogen) atoms. The second-order valence-corrected chi connectivity index (χ2v) is 8.10. The molecule has 1 aliphatic heterocycles. The summed E-state index contributed by atoms with van der Waals surface area (Å²) in [5, 5.41) is 10.8. The number of carbonyl (C=O) groups excluding carboxylic acids is 2. The zero-order valence-corrected chi connectivity index (χ0v) is 17.5. The highest BCUT2D eigenvalue weighted by atomic mass is 16.2. The van der Waals surface area contributed by atoms with Crippen LogP contribution in [0, 0.1) is 5.92 Å². The first-order valence-electron chi connectivity index (χ1n) is 10.7. The molecule has 2 amide bonds. The van der Waals surface area contributed by atoms with Crippen LogP contribution in [-0.4, -0.2) is 56.1 Å². The Bertz CT molecular complexity index is 968. The lowest BCUT2D eigenvalue weighted by atomic mass is 10.1. The first kappa shape index (κ1) is 20.8. The van der Waals surface area contributed by atoms with Crippen LogP contribution in [0.1, 0.15) is 48.5 Å². The van der Waals surface area contributed by atoms with Gasteiger partial charge < -0.3 is 21.3 Å². The van der Waals surface area contributed by atoms with E-state index in [0.717, 1.165) is 44.0 Å². The normalized spacial score (nSPS) is 18.5. The smallest absolute Gasteiger partial charge is 0.254 e. The molecule has 10 heteroatoms. The predicted molar refractivity (Wildman–Crippen MR) is 117 cm³/mol. The molecule has 2 aromatic heterocycles. The summed E-state index contributed by atoms with van der Waals surface area (Å²) in [6.45, 7) is 5.65. The minimum atomic E-state index is -0.566. The Kier molecular flexibility index (Phi) is 6.15. The molecule has 0 unspecified atom stereocenters. The maximum atomic E-state index is 11.9. The number of amides is 2. The standard InChI is InChI=1S/C21H28N8O2/c1-2-18(30)28-9-3-4-16(13-28)29-12-15(10-25-29)26-21-24-11-17(19(22)31)20(27-21)23-8-7-14-5-6-14/h2,10-12,14,16H,1,3-9,13H2,(H2,22,31)(H2,23,24,26,27)/t16-/m1/s1. The number of hydrogen-bond donors (Lipinski definition) is 3. The molecule has 1 aliphatic carbocycles. The number of rotatable bonds is 9. The maximum Gasteiger partial charge on any atom is 0.254 e. The van der Waals surface area contributed by atoms with E-state index in [-0.39, 0.29) is 17.5 Å². The van der Waals surface area contributed by atoms with Crippen molar-refractivity contribution >= 4 is 29.3 Å². The van der Waals surface area contributed by atoms with E-state index in [2.05, 4.69) is 32.3 Å². The van der Waals surface area contributed by atoms with Crippen molar-refractivity contribution in [2.24, 2.45) is 11.7 Å². The fraction of sp³-hybridized carbons (Fsp3) is 0.476. The van der Waals surface area contributed by atoms with Crippen molar-refractivity contribution < 1.29 is 9.59 Å². The molecule has 10 nitrogen and oxygen atoms in total. The van der Waals surface area contributed by atoms with Crippen LogP contribution >= 0.6 is 0 Å². The third-order valence-electron chi connectivity index (χ3n) is 5.71. The number of carbonyl (C=O) groups is 2. The lowest BCUT2D eigenvalue weighted by molar-refractivity contribution is -0.127. The number of nitrogens with zero attached hydrogens (tertiary/aromatic N) is 5. The molecule has 2 aliphatic rings. The third kappa shape index (κ3) is 5.19. The van der Waals surface area contributed by atoms with Gasteiger partial charge in [-0.05, 0) is 31.3 Å². The van der Waals surface area contributed by atoms with E-state index < -0.39 is 5.91 Å². The molecule has 2 fully saturated rings. The van der Waals surface area contributed by atoms with Crippen molar-refractivity contribution in [3.8, 4) is 0 Å². The molecule has 0 bridgehead atoms. The second-order valence-electron chi connectivity index (χ2n) is 8.10. The van der Waals surface area contributed by atoms with E-state index in [1.54, 1.807) is 11.1 Å². The molecule has 2 aromatic rings. The molecule has 1 atom stereocenters. The maximum absolute atomic E-state index is 11.9. The number of likely N-dealkylation sites (tertiary alicyclic amines) is 1. The van der Waals surface area contributed by atoms with E-state index in [1.807, 2.05) is 10.9 Å². The molecule has 0 spiro atoms. The van der Waals surface area contributed by atoms with Crippen LogP contribution in [0.4, 0.5) is 17.5 Å². The summed E-state index contributed by atoms with van der Waals surface area (Å²) in [5.74, 6) is 0.936. The first-order valence-corrected chi connectivity index (χ1v) is 10.7. The summed E-state index contributed by atoms with van der Waals surface area (Å²) in [5.41, 5.74) is 6.46. The van der Waals surface area contributed by atoms with Crippen LogP contribution in [0.5, 0.6) is 0 Å². The molecule has 0 radical (unpaired) electrons. The summed E-state index contributed by atoms with van der Waals surface area (Å²) >= 11 is 0. The van der Waals surface area contributed by atoms with Crippen LogP contribution < -0.4 is 16.4 Å². The highest BCUT2D eigenvalue weighted by Crippen LogP contribution is 2.32. The molecule has 1 saturated heterocycles.